The van der Waals surface area contributed by atoms with E-state index >= 15 is 0 Å². The van der Waals surface area contributed by atoms with Gasteiger partial charge >= 0.3 is 0 Å². The average Bonchev–Trinajstić information content (AvgIpc) is 2.67. The van der Waals surface area contributed by atoms with E-state index in [4.69, 9.17) is 0 Å². The zero-order valence-electron chi connectivity index (χ0n) is 16.3. The van der Waals surface area contributed by atoms with Crippen molar-refractivity contribution in [3.8, 4) is 0 Å². The molecule has 0 fully saturated rings. The summed E-state index contributed by atoms with van der Waals surface area (Å²) in [7, 11) is 0. The van der Waals surface area contributed by atoms with Gasteiger partial charge in [-0.15, -0.1) is 0 Å². The average molecular weight is 398 g/mol. The van der Waals surface area contributed by atoms with Crippen LogP contribution in [0.25, 0.3) is 0 Å². The first-order chi connectivity index (χ1) is 13.7. The van der Waals surface area contributed by atoms with E-state index in [0.29, 0.717) is 5.69 Å². The van der Waals surface area contributed by atoms with Gasteiger partial charge < -0.3 is 16.0 Å². The standard InChI is InChI=1S/C20H22N4O5/c1-12(15-6-4-8-17(10-15)23-14(3)25)21-19(26)13(2)22-20(27)16-7-5-9-18(11-16)24(28)29/h4-13H,1-3H3,(H,21,26)(H,22,27)(H,23,25). The van der Waals surface area contributed by atoms with Crippen molar-refractivity contribution in [3.05, 3.63) is 69.8 Å². The lowest BCUT2D eigenvalue weighted by Gasteiger charge is -2.19. The van der Waals surface area contributed by atoms with Crippen LogP contribution in [0.5, 0.6) is 0 Å². The van der Waals surface area contributed by atoms with Crippen LogP contribution in [0, 0.1) is 10.1 Å². The lowest BCUT2D eigenvalue weighted by molar-refractivity contribution is -0.384. The Morgan fingerprint density at radius 2 is 1.69 bits per heavy atom. The minimum absolute atomic E-state index is 0.0925. The third-order valence-corrected chi connectivity index (χ3v) is 4.13. The summed E-state index contributed by atoms with van der Waals surface area (Å²) in [5, 5.41) is 18.8. The summed E-state index contributed by atoms with van der Waals surface area (Å²) in [5.74, 6) is -1.20. The van der Waals surface area contributed by atoms with E-state index in [2.05, 4.69) is 16.0 Å². The number of carbonyl (C=O) groups excluding carboxylic acids is 3. The molecule has 0 bridgehead atoms. The van der Waals surface area contributed by atoms with Crippen LogP contribution in [-0.2, 0) is 9.59 Å². The SMILES string of the molecule is CC(=O)Nc1cccc(C(C)NC(=O)C(C)NC(=O)c2cccc([N+](=O)[O-])c2)c1. The number of anilines is 1. The second-order valence-corrected chi connectivity index (χ2v) is 6.54. The highest BCUT2D eigenvalue weighted by atomic mass is 16.6. The van der Waals surface area contributed by atoms with Gasteiger partial charge in [0, 0.05) is 30.3 Å². The lowest BCUT2D eigenvalue weighted by Crippen LogP contribution is -2.45. The maximum atomic E-state index is 12.4. The Balaban J connectivity index is 1.99. The fourth-order valence-corrected chi connectivity index (χ4v) is 2.62. The maximum Gasteiger partial charge on any atom is 0.270 e. The summed E-state index contributed by atoms with van der Waals surface area (Å²) in [4.78, 5) is 46.1. The number of nitro benzene ring substituents is 1. The Hall–Kier alpha value is -3.75. The van der Waals surface area contributed by atoms with E-state index in [-0.39, 0.29) is 23.2 Å². The smallest absolute Gasteiger partial charge is 0.270 e. The molecule has 0 saturated carbocycles. The predicted octanol–water partition coefficient (Wildman–Crippen LogP) is 2.55. The number of hydrogen-bond acceptors (Lipinski definition) is 5. The molecule has 0 saturated heterocycles. The molecule has 2 aromatic rings. The van der Waals surface area contributed by atoms with Crippen LogP contribution in [0.2, 0.25) is 0 Å². The summed E-state index contributed by atoms with van der Waals surface area (Å²) in [6.07, 6.45) is 0. The van der Waals surface area contributed by atoms with E-state index in [1.54, 1.807) is 25.1 Å². The third-order valence-electron chi connectivity index (χ3n) is 4.13. The zero-order chi connectivity index (χ0) is 21.6. The minimum atomic E-state index is -0.859. The van der Waals surface area contributed by atoms with Crippen LogP contribution in [-0.4, -0.2) is 28.7 Å². The van der Waals surface area contributed by atoms with Crippen molar-refractivity contribution in [1.82, 2.24) is 10.6 Å². The van der Waals surface area contributed by atoms with Crippen molar-refractivity contribution in [2.24, 2.45) is 0 Å². The highest BCUT2D eigenvalue weighted by Crippen LogP contribution is 2.18. The van der Waals surface area contributed by atoms with Crippen LogP contribution >= 0.6 is 0 Å². The fourth-order valence-electron chi connectivity index (χ4n) is 2.62. The summed E-state index contributed by atoms with van der Waals surface area (Å²) in [6, 6.07) is 11.1. The Morgan fingerprint density at radius 1 is 1.00 bits per heavy atom. The highest BCUT2D eigenvalue weighted by molar-refractivity contribution is 5.98. The first-order valence-corrected chi connectivity index (χ1v) is 8.90. The van der Waals surface area contributed by atoms with Gasteiger partial charge in [-0.05, 0) is 37.6 Å². The van der Waals surface area contributed by atoms with E-state index in [1.165, 1.54) is 32.0 Å². The molecule has 0 heterocycles. The molecular weight excluding hydrogens is 376 g/mol. The molecule has 0 aliphatic heterocycles. The van der Waals surface area contributed by atoms with Gasteiger partial charge in [-0.2, -0.15) is 0 Å². The number of amides is 3. The Labute approximate surface area is 167 Å². The minimum Gasteiger partial charge on any atom is -0.348 e. The Morgan fingerprint density at radius 3 is 2.34 bits per heavy atom. The zero-order valence-corrected chi connectivity index (χ0v) is 16.3. The van der Waals surface area contributed by atoms with Gasteiger partial charge in [-0.25, -0.2) is 0 Å². The van der Waals surface area contributed by atoms with Crippen LogP contribution in [0.3, 0.4) is 0 Å². The van der Waals surface area contributed by atoms with E-state index in [0.717, 1.165) is 11.6 Å². The summed E-state index contributed by atoms with van der Waals surface area (Å²) in [6.45, 7) is 4.70. The number of hydrogen-bond donors (Lipinski definition) is 3. The molecule has 152 valence electrons. The van der Waals surface area contributed by atoms with Crippen molar-refractivity contribution in [3.63, 3.8) is 0 Å². The van der Waals surface area contributed by atoms with Crippen LogP contribution in [0.4, 0.5) is 11.4 Å². The largest absolute Gasteiger partial charge is 0.348 e. The number of non-ortho nitro benzene ring substituents is 1. The number of nitro groups is 1. The van der Waals surface area contributed by atoms with Crippen molar-refractivity contribution in [2.45, 2.75) is 32.9 Å². The number of rotatable bonds is 7. The van der Waals surface area contributed by atoms with Gasteiger partial charge in [0.1, 0.15) is 6.04 Å². The molecule has 3 N–H and O–H groups in total. The molecule has 0 radical (unpaired) electrons. The van der Waals surface area contributed by atoms with E-state index in [1.807, 2.05) is 6.07 Å². The normalized spacial score (nSPS) is 12.4. The molecule has 2 atom stereocenters. The quantitative estimate of drug-likeness (QED) is 0.487. The van der Waals surface area contributed by atoms with Crippen molar-refractivity contribution in [1.29, 1.82) is 0 Å². The number of nitrogens with zero attached hydrogens (tertiary/aromatic N) is 1. The molecule has 9 nitrogen and oxygen atoms in total. The van der Waals surface area contributed by atoms with Crippen molar-refractivity contribution >= 4 is 29.1 Å². The molecule has 2 aromatic carbocycles. The molecular formula is C20H22N4O5. The molecule has 0 aromatic heterocycles. The second-order valence-electron chi connectivity index (χ2n) is 6.54. The van der Waals surface area contributed by atoms with Gasteiger partial charge in [0.15, 0.2) is 0 Å². The molecule has 2 unspecified atom stereocenters. The molecule has 0 spiro atoms. The monoisotopic (exact) mass is 398 g/mol. The third kappa shape index (κ3) is 6.13. The molecule has 2 rings (SSSR count). The lowest BCUT2D eigenvalue weighted by atomic mass is 10.1. The number of nitrogens with one attached hydrogen (secondary N) is 3. The molecule has 29 heavy (non-hydrogen) atoms. The van der Waals surface area contributed by atoms with E-state index < -0.39 is 22.8 Å². The van der Waals surface area contributed by atoms with Gasteiger partial charge in [0.05, 0.1) is 11.0 Å². The van der Waals surface area contributed by atoms with E-state index in [9.17, 15) is 24.5 Å². The molecule has 3 amide bonds. The van der Waals surface area contributed by atoms with Gasteiger partial charge in [-0.3, -0.25) is 24.5 Å². The first kappa shape index (κ1) is 21.5. The highest BCUT2D eigenvalue weighted by Gasteiger charge is 2.20. The second kappa shape index (κ2) is 9.45. The van der Waals surface area contributed by atoms with Crippen LogP contribution < -0.4 is 16.0 Å². The molecule has 9 heteroatoms. The Kier molecular flexibility index (Phi) is 7.02. The number of benzene rings is 2. The van der Waals surface area contributed by atoms with Crippen molar-refractivity contribution < 1.29 is 19.3 Å². The van der Waals surface area contributed by atoms with Crippen LogP contribution in [0.15, 0.2) is 48.5 Å². The predicted molar refractivity (Wildman–Crippen MR) is 107 cm³/mol. The van der Waals surface area contributed by atoms with Gasteiger partial charge in [-0.1, -0.05) is 18.2 Å². The molecule has 0 aliphatic carbocycles. The summed E-state index contributed by atoms with van der Waals surface area (Å²) >= 11 is 0. The topological polar surface area (TPSA) is 130 Å². The fraction of sp³-hybridized carbons (Fsp3) is 0.250. The summed E-state index contributed by atoms with van der Waals surface area (Å²) in [5.41, 5.74) is 1.28. The van der Waals surface area contributed by atoms with Crippen molar-refractivity contribution in [2.75, 3.05) is 5.32 Å². The summed E-state index contributed by atoms with van der Waals surface area (Å²) < 4.78 is 0. The maximum absolute atomic E-state index is 12.4. The van der Waals surface area contributed by atoms with Crippen LogP contribution in [0.1, 0.15) is 42.7 Å². The number of carbonyl (C=O) groups is 3. The molecule has 0 aliphatic rings. The Bertz CT molecular complexity index is 944. The first-order valence-electron chi connectivity index (χ1n) is 8.90. The van der Waals surface area contributed by atoms with Gasteiger partial charge in [0.25, 0.3) is 11.6 Å². The van der Waals surface area contributed by atoms with Gasteiger partial charge in [0.2, 0.25) is 11.8 Å².